The summed E-state index contributed by atoms with van der Waals surface area (Å²) in [5.41, 5.74) is 7.27. The van der Waals surface area contributed by atoms with E-state index in [1.807, 2.05) is 13.8 Å². The Balaban J connectivity index is 2.86. The van der Waals surface area contributed by atoms with Gasteiger partial charge in [0.1, 0.15) is 6.04 Å². The summed E-state index contributed by atoms with van der Waals surface area (Å²) >= 11 is 0. The Kier molecular flexibility index (Phi) is 4.71. The average molecular weight is 250 g/mol. The molecule has 1 amide bonds. The topological polar surface area (TPSA) is 92.4 Å². The Bertz CT molecular complexity index is 458. The Hall–Kier alpha value is -2.04. The van der Waals surface area contributed by atoms with Crippen LogP contribution in [0.4, 0.5) is 5.69 Å². The molecule has 0 saturated heterocycles. The predicted molar refractivity (Wildman–Crippen MR) is 69.4 cm³/mol. The lowest BCUT2D eigenvalue weighted by Gasteiger charge is -2.14. The van der Waals surface area contributed by atoms with Gasteiger partial charge in [-0.15, -0.1) is 0 Å². The molecule has 1 rings (SSSR count). The fraction of sp³-hybridized carbons (Fsp3) is 0.385. The molecule has 0 bridgehead atoms. The van der Waals surface area contributed by atoms with E-state index in [0.717, 1.165) is 5.56 Å². The fourth-order valence-corrected chi connectivity index (χ4v) is 1.65. The molecule has 0 spiro atoms. The first kappa shape index (κ1) is 14.0. The van der Waals surface area contributed by atoms with Crippen LogP contribution < -0.4 is 11.1 Å². The van der Waals surface area contributed by atoms with Crippen LogP contribution in [0, 0.1) is 6.92 Å². The largest absolute Gasteiger partial charge is 0.480 e. The summed E-state index contributed by atoms with van der Waals surface area (Å²) in [6, 6.07) is 4.21. The van der Waals surface area contributed by atoms with Crippen molar-refractivity contribution < 1.29 is 14.7 Å². The quantitative estimate of drug-likeness (QED) is 0.691. The van der Waals surface area contributed by atoms with Gasteiger partial charge in [0.15, 0.2) is 0 Å². The summed E-state index contributed by atoms with van der Waals surface area (Å²) in [5.74, 6) is -1.48. The number of carboxylic acids is 1. The maximum Gasteiger partial charge on any atom is 0.326 e. The van der Waals surface area contributed by atoms with E-state index < -0.39 is 17.9 Å². The minimum Gasteiger partial charge on any atom is -0.480 e. The first-order valence-corrected chi connectivity index (χ1v) is 5.85. The number of carbonyl (C=O) groups is 2. The Labute approximate surface area is 106 Å². The molecule has 1 aromatic rings. The molecule has 0 aliphatic heterocycles. The molecule has 0 saturated carbocycles. The summed E-state index contributed by atoms with van der Waals surface area (Å²) in [5, 5.41) is 11.5. The van der Waals surface area contributed by atoms with E-state index in [0.29, 0.717) is 24.1 Å². The number of benzene rings is 1. The molecule has 0 unspecified atom stereocenters. The number of carbonyl (C=O) groups excluding carboxylic acids is 1. The SMILES string of the molecule is CCC[C@H](NC(=O)c1cc(C)ccc1N)C(=O)O. The molecule has 0 aliphatic carbocycles. The van der Waals surface area contributed by atoms with Crippen molar-refractivity contribution in [3.8, 4) is 0 Å². The highest BCUT2D eigenvalue weighted by Crippen LogP contribution is 2.14. The van der Waals surface area contributed by atoms with E-state index in [9.17, 15) is 9.59 Å². The van der Waals surface area contributed by atoms with Gasteiger partial charge in [0.2, 0.25) is 0 Å². The number of anilines is 1. The van der Waals surface area contributed by atoms with Gasteiger partial charge in [0.05, 0.1) is 5.56 Å². The number of amides is 1. The summed E-state index contributed by atoms with van der Waals surface area (Å²) in [6.07, 6.45) is 1.08. The maximum absolute atomic E-state index is 12.0. The van der Waals surface area contributed by atoms with E-state index in [-0.39, 0.29) is 0 Å². The van der Waals surface area contributed by atoms with E-state index in [1.54, 1.807) is 18.2 Å². The average Bonchev–Trinajstić information content (AvgIpc) is 2.31. The summed E-state index contributed by atoms with van der Waals surface area (Å²) < 4.78 is 0. The molecule has 98 valence electrons. The van der Waals surface area contributed by atoms with Gasteiger partial charge in [-0.05, 0) is 25.5 Å². The highest BCUT2D eigenvalue weighted by Gasteiger charge is 2.20. The third kappa shape index (κ3) is 3.48. The maximum atomic E-state index is 12.0. The van der Waals surface area contributed by atoms with Crippen molar-refractivity contribution in [2.75, 3.05) is 5.73 Å². The number of nitrogens with two attached hydrogens (primary N) is 1. The van der Waals surface area contributed by atoms with Crippen molar-refractivity contribution in [2.24, 2.45) is 0 Å². The zero-order valence-corrected chi connectivity index (χ0v) is 10.6. The van der Waals surface area contributed by atoms with Crippen molar-refractivity contribution >= 4 is 17.6 Å². The van der Waals surface area contributed by atoms with Crippen LogP contribution >= 0.6 is 0 Å². The second-order valence-electron chi connectivity index (χ2n) is 4.24. The van der Waals surface area contributed by atoms with Crippen LogP contribution in [0.5, 0.6) is 0 Å². The molecule has 0 radical (unpaired) electrons. The van der Waals surface area contributed by atoms with E-state index in [1.165, 1.54) is 0 Å². The molecule has 0 aliphatic rings. The molecular weight excluding hydrogens is 232 g/mol. The molecule has 0 fully saturated rings. The second kappa shape index (κ2) is 6.05. The number of aryl methyl sites for hydroxylation is 1. The first-order valence-electron chi connectivity index (χ1n) is 5.85. The van der Waals surface area contributed by atoms with Crippen molar-refractivity contribution in [3.63, 3.8) is 0 Å². The number of nitrogens with one attached hydrogen (secondary N) is 1. The van der Waals surface area contributed by atoms with Crippen molar-refractivity contribution in [2.45, 2.75) is 32.7 Å². The van der Waals surface area contributed by atoms with E-state index in [4.69, 9.17) is 10.8 Å². The Morgan fingerprint density at radius 2 is 2.11 bits per heavy atom. The molecule has 1 aromatic carbocycles. The normalized spacial score (nSPS) is 11.9. The van der Waals surface area contributed by atoms with Crippen LogP contribution in [0.25, 0.3) is 0 Å². The second-order valence-corrected chi connectivity index (χ2v) is 4.24. The van der Waals surface area contributed by atoms with E-state index >= 15 is 0 Å². The monoisotopic (exact) mass is 250 g/mol. The number of hydrogen-bond acceptors (Lipinski definition) is 3. The Morgan fingerprint density at radius 3 is 2.67 bits per heavy atom. The zero-order valence-electron chi connectivity index (χ0n) is 10.6. The molecule has 4 N–H and O–H groups in total. The van der Waals surface area contributed by atoms with Crippen LogP contribution in [0.15, 0.2) is 18.2 Å². The minimum atomic E-state index is -1.03. The lowest BCUT2D eigenvalue weighted by Crippen LogP contribution is -2.40. The van der Waals surface area contributed by atoms with Gasteiger partial charge in [0, 0.05) is 5.69 Å². The lowest BCUT2D eigenvalue weighted by atomic mass is 10.1. The van der Waals surface area contributed by atoms with Gasteiger partial charge >= 0.3 is 5.97 Å². The molecule has 5 heteroatoms. The molecule has 0 aromatic heterocycles. The number of hydrogen-bond donors (Lipinski definition) is 3. The lowest BCUT2D eigenvalue weighted by molar-refractivity contribution is -0.139. The molecular formula is C13H18N2O3. The van der Waals surface area contributed by atoms with Gasteiger partial charge < -0.3 is 16.2 Å². The predicted octanol–water partition coefficient (Wildman–Crippen LogP) is 1.56. The highest BCUT2D eigenvalue weighted by molar-refractivity contribution is 6.01. The number of rotatable bonds is 5. The van der Waals surface area contributed by atoms with Crippen LogP contribution in [-0.2, 0) is 4.79 Å². The van der Waals surface area contributed by atoms with Crippen LogP contribution in [-0.4, -0.2) is 23.0 Å². The molecule has 5 nitrogen and oxygen atoms in total. The first-order chi connectivity index (χ1) is 8.45. The van der Waals surface area contributed by atoms with E-state index in [2.05, 4.69) is 5.32 Å². The summed E-state index contributed by atoms with van der Waals surface area (Å²) in [4.78, 5) is 22.9. The fourth-order valence-electron chi connectivity index (χ4n) is 1.65. The number of aliphatic carboxylic acids is 1. The summed E-state index contributed by atoms with van der Waals surface area (Å²) in [6.45, 7) is 3.71. The van der Waals surface area contributed by atoms with Gasteiger partial charge in [-0.3, -0.25) is 4.79 Å². The van der Waals surface area contributed by atoms with Gasteiger partial charge in [-0.2, -0.15) is 0 Å². The number of nitrogen functional groups attached to an aromatic ring is 1. The molecule has 1 atom stereocenters. The van der Waals surface area contributed by atoms with Crippen LogP contribution in [0.2, 0.25) is 0 Å². The Morgan fingerprint density at radius 1 is 1.44 bits per heavy atom. The minimum absolute atomic E-state index is 0.317. The van der Waals surface area contributed by atoms with Gasteiger partial charge in [-0.1, -0.05) is 25.0 Å². The van der Waals surface area contributed by atoms with Crippen molar-refractivity contribution in [1.29, 1.82) is 0 Å². The standard InChI is InChI=1S/C13H18N2O3/c1-3-4-11(13(17)18)15-12(16)9-7-8(2)5-6-10(9)14/h5-7,11H,3-4,14H2,1-2H3,(H,15,16)(H,17,18)/t11-/m0/s1. The van der Waals surface area contributed by atoms with Gasteiger partial charge in [0.25, 0.3) is 5.91 Å². The summed E-state index contributed by atoms with van der Waals surface area (Å²) in [7, 11) is 0. The third-order valence-electron chi connectivity index (χ3n) is 2.63. The third-order valence-corrected chi connectivity index (χ3v) is 2.63. The van der Waals surface area contributed by atoms with Gasteiger partial charge in [-0.25, -0.2) is 4.79 Å². The smallest absolute Gasteiger partial charge is 0.326 e. The molecule has 0 heterocycles. The van der Waals surface area contributed by atoms with Crippen LogP contribution in [0.3, 0.4) is 0 Å². The van der Waals surface area contributed by atoms with Crippen LogP contribution in [0.1, 0.15) is 35.7 Å². The van der Waals surface area contributed by atoms with Crippen molar-refractivity contribution in [3.05, 3.63) is 29.3 Å². The van der Waals surface area contributed by atoms with Crippen molar-refractivity contribution in [1.82, 2.24) is 5.32 Å². The number of carboxylic acid groups (broad SMARTS) is 1. The molecule has 18 heavy (non-hydrogen) atoms. The zero-order chi connectivity index (χ0) is 13.7. The highest BCUT2D eigenvalue weighted by atomic mass is 16.4.